The van der Waals surface area contributed by atoms with Crippen LogP contribution in [-0.2, 0) is 14.4 Å². The van der Waals surface area contributed by atoms with Gasteiger partial charge in [-0.15, -0.1) is 0 Å². The number of hydrogen-bond acceptors (Lipinski definition) is 3. The van der Waals surface area contributed by atoms with Crippen molar-refractivity contribution in [1.82, 2.24) is 5.32 Å². The van der Waals surface area contributed by atoms with E-state index in [4.69, 9.17) is 0 Å². The number of amides is 1. The predicted molar refractivity (Wildman–Crippen MR) is 50.7 cm³/mol. The van der Waals surface area contributed by atoms with E-state index in [1.54, 1.807) is 6.92 Å². The second-order valence-corrected chi connectivity index (χ2v) is 3.56. The van der Waals surface area contributed by atoms with Crippen LogP contribution in [0, 0.1) is 0 Å². The van der Waals surface area contributed by atoms with Crippen molar-refractivity contribution in [2.45, 2.75) is 45.1 Å². The summed E-state index contributed by atoms with van der Waals surface area (Å²) in [5.74, 6) is -0.647. The van der Waals surface area contributed by atoms with Crippen LogP contribution in [0.25, 0.3) is 0 Å². The highest BCUT2D eigenvalue weighted by atomic mass is 16.2. The van der Waals surface area contributed by atoms with Crippen molar-refractivity contribution in [2.24, 2.45) is 0 Å². The van der Waals surface area contributed by atoms with Crippen molar-refractivity contribution in [3.63, 3.8) is 0 Å². The maximum absolute atomic E-state index is 11.2. The third-order valence-electron chi connectivity index (χ3n) is 2.45. The van der Waals surface area contributed by atoms with Crippen molar-refractivity contribution >= 4 is 17.5 Å². The Labute approximate surface area is 83.1 Å². The van der Waals surface area contributed by atoms with E-state index < -0.39 is 5.91 Å². The lowest BCUT2D eigenvalue weighted by Gasteiger charge is -2.21. The number of carbonyl (C=O) groups excluding carboxylic acids is 3. The molecule has 0 aromatic heterocycles. The molecule has 1 fully saturated rings. The molecule has 4 nitrogen and oxygen atoms in total. The molecule has 1 N–H and O–H groups in total. The summed E-state index contributed by atoms with van der Waals surface area (Å²) in [4.78, 5) is 33.1. The zero-order valence-electron chi connectivity index (χ0n) is 8.34. The maximum atomic E-state index is 11.2. The van der Waals surface area contributed by atoms with Gasteiger partial charge in [-0.1, -0.05) is 6.92 Å². The van der Waals surface area contributed by atoms with Gasteiger partial charge < -0.3 is 5.32 Å². The molecular weight excluding hydrogens is 182 g/mol. The summed E-state index contributed by atoms with van der Waals surface area (Å²) in [6.07, 6.45) is 2.61. The standard InChI is InChI=1S/C10H15NO3/c1-2-9(13)10(14)11-7-3-5-8(12)6-4-7/h7H,2-6H2,1H3,(H,11,14). The van der Waals surface area contributed by atoms with Gasteiger partial charge in [-0.25, -0.2) is 0 Å². The Morgan fingerprint density at radius 1 is 1.36 bits per heavy atom. The number of carbonyl (C=O) groups is 3. The first kappa shape index (κ1) is 10.9. The van der Waals surface area contributed by atoms with Crippen molar-refractivity contribution in [2.75, 3.05) is 0 Å². The van der Waals surface area contributed by atoms with Crippen molar-refractivity contribution in [3.8, 4) is 0 Å². The molecule has 4 heteroatoms. The Kier molecular flexibility index (Phi) is 3.80. The smallest absolute Gasteiger partial charge is 0.287 e. The predicted octanol–water partition coefficient (Wildman–Crippen LogP) is 0.593. The number of Topliss-reactive ketones (excluding diaryl/α,β-unsaturated/α-hetero) is 2. The summed E-state index contributed by atoms with van der Waals surface area (Å²) in [5, 5.41) is 2.65. The van der Waals surface area contributed by atoms with Gasteiger partial charge in [0, 0.05) is 25.3 Å². The fourth-order valence-corrected chi connectivity index (χ4v) is 1.51. The molecule has 0 bridgehead atoms. The molecule has 1 aliphatic carbocycles. The zero-order valence-corrected chi connectivity index (χ0v) is 8.34. The molecule has 0 aromatic rings. The van der Waals surface area contributed by atoms with E-state index in [1.807, 2.05) is 0 Å². The second-order valence-electron chi connectivity index (χ2n) is 3.56. The molecule has 0 atom stereocenters. The van der Waals surface area contributed by atoms with E-state index in [0.717, 1.165) is 0 Å². The van der Waals surface area contributed by atoms with E-state index in [2.05, 4.69) is 5.32 Å². The lowest BCUT2D eigenvalue weighted by atomic mass is 9.94. The van der Waals surface area contributed by atoms with Crippen LogP contribution in [0.15, 0.2) is 0 Å². The summed E-state index contributed by atoms with van der Waals surface area (Å²) in [7, 11) is 0. The highest BCUT2D eigenvalue weighted by Crippen LogP contribution is 2.14. The minimum absolute atomic E-state index is 0.00991. The highest BCUT2D eigenvalue weighted by Gasteiger charge is 2.22. The van der Waals surface area contributed by atoms with E-state index in [1.165, 1.54) is 0 Å². The van der Waals surface area contributed by atoms with Crippen LogP contribution >= 0.6 is 0 Å². The lowest BCUT2D eigenvalue weighted by molar-refractivity contribution is -0.138. The van der Waals surface area contributed by atoms with Gasteiger partial charge in [-0.2, -0.15) is 0 Å². The van der Waals surface area contributed by atoms with E-state index in [-0.39, 0.29) is 24.0 Å². The van der Waals surface area contributed by atoms with Gasteiger partial charge in [0.05, 0.1) is 0 Å². The van der Waals surface area contributed by atoms with Crippen LogP contribution in [0.1, 0.15) is 39.0 Å². The molecular formula is C10H15NO3. The average molecular weight is 197 g/mol. The normalized spacial score (nSPS) is 17.9. The largest absolute Gasteiger partial charge is 0.347 e. The summed E-state index contributed by atoms with van der Waals surface area (Å²) in [5.41, 5.74) is 0. The van der Waals surface area contributed by atoms with Crippen molar-refractivity contribution in [1.29, 1.82) is 0 Å². The molecule has 1 saturated carbocycles. The van der Waals surface area contributed by atoms with Crippen LogP contribution in [0.5, 0.6) is 0 Å². The Balaban J connectivity index is 2.34. The molecule has 78 valence electrons. The topological polar surface area (TPSA) is 63.2 Å². The van der Waals surface area contributed by atoms with Gasteiger partial charge in [-0.05, 0) is 12.8 Å². The minimum atomic E-state index is -0.508. The van der Waals surface area contributed by atoms with Crippen molar-refractivity contribution < 1.29 is 14.4 Å². The molecule has 0 unspecified atom stereocenters. The third-order valence-corrected chi connectivity index (χ3v) is 2.45. The summed E-state index contributed by atoms with van der Waals surface area (Å²) in [6, 6.07) is 0.00991. The molecule has 0 heterocycles. The first-order valence-corrected chi connectivity index (χ1v) is 4.99. The number of hydrogen-bond donors (Lipinski definition) is 1. The van der Waals surface area contributed by atoms with E-state index in [9.17, 15) is 14.4 Å². The van der Waals surface area contributed by atoms with Crippen LogP contribution in [0.2, 0.25) is 0 Å². The molecule has 0 aromatic carbocycles. The molecule has 1 amide bonds. The Morgan fingerprint density at radius 3 is 2.43 bits per heavy atom. The maximum Gasteiger partial charge on any atom is 0.287 e. The number of nitrogens with one attached hydrogen (secondary N) is 1. The molecule has 0 saturated heterocycles. The fraction of sp³-hybridized carbons (Fsp3) is 0.700. The monoisotopic (exact) mass is 197 g/mol. The second kappa shape index (κ2) is 4.88. The summed E-state index contributed by atoms with van der Waals surface area (Å²) < 4.78 is 0. The van der Waals surface area contributed by atoms with Crippen LogP contribution in [0.3, 0.4) is 0 Å². The number of ketones is 2. The van der Waals surface area contributed by atoms with Crippen molar-refractivity contribution in [3.05, 3.63) is 0 Å². The van der Waals surface area contributed by atoms with Crippen LogP contribution in [-0.4, -0.2) is 23.5 Å². The fourth-order valence-electron chi connectivity index (χ4n) is 1.51. The molecule has 0 spiro atoms. The molecule has 14 heavy (non-hydrogen) atoms. The Hall–Kier alpha value is -1.19. The Morgan fingerprint density at radius 2 is 1.93 bits per heavy atom. The van der Waals surface area contributed by atoms with Gasteiger partial charge >= 0.3 is 0 Å². The molecule has 1 aliphatic rings. The van der Waals surface area contributed by atoms with Gasteiger partial charge in [0.2, 0.25) is 5.78 Å². The van der Waals surface area contributed by atoms with Gasteiger partial charge in [-0.3, -0.25) is 14.4 Å². The van der Waals surface area contributed by atoms with Gasteiger partial charge in [0.25, 0.3) is 5.91 Å². The summed E-state index contributed by atoms with van der Waals surface area (Å²) in [6.45, 7) is 1.66. The molecule has 0 radical (unpaired) electrons. The zero-order chi connectivity index (χ0) is 10.6. The molecule has 0 aliphatic heterocycles. The van der Waals surface area contributed by atoms with Crippen LogP contribution < -0.4 is 5.32 Å². The third kappa shape index (κ3) is 2.94. The number of rotatable bonds is 3. The lowest BCUT2D eigenvalue weighted by Crippen LogP contribution is -2.41. The van der Waals surface area contributed by atoms with Crippen LogP contribution in [0.4, 0.5) is 0 Å². The van der Waals surface area contributed by atoms with E-state index >= 15 is 0 Å². The first-order valence-electron chi connectivity index (χ1n) is 4.99. The van der Waals surface area contributed by atoms with E-state index in [0.29, 0.717) is 25.7 Å². The van der Waals surface area contributed by atoms with Gasteiger partial charge in [0.15, 0.2) is 0 Å². The molecule has 1 rings (SSSR count). The Bertz CT molecular complexity index is 250. The quantitative estimate of drug-likeness (QED) is 0.673. The minimum Gasteiger partial charge on any atom is -0.347 e. The SMILES string of the molecule is CCC(=O)C(=O)NC1CCC(=O)CC1. The van der Waals surface area contributed by atoms with Gasteiger partial charge in [0.1, 0.15) is 5.78 Å². The first-order chi connectivity index (χ1) is 6.63. The highest BCUT2D eigenvalue weighted by molar-refractivity contribution is 6.36. The summed E-state index contributed by atoms with van der Waals surface area (Å²) >= 11 is 0. The average Bonchev–Trinajstić information content (AvgIpc) is 2.20.